The van der Waals surface area contributed by atoms with Gasteiger partial charge in [0.05, 0.1) is 10.8 Å². The first-order valence-corrected chi connectivity index (χ1v) is 8.80. The number of H-pyrrole nitrogens is 1. The van der Waals surface area contributed by atoms with Crippen molar-refractivity contribution in [2.24, 2.45) is 0 Å². The summed E-state index contributed by atoms with van der Waals surface area (Å²) in [7, 11) is -0.895. The van der Waals surface area contributed by atoms with E-state index in [1.54, 1.807) is 0 Å². The number of likely N-dealkylation sites (tertiary alicyclic amines) is 1. The molecule has 0 radical (unpaired) electrons. The van der Waals surface area contributed by atoms with Gasteiger partial charge >= 0.3 is 0 Å². The highest BCUT2D eigenvalue weighted by atomic mass is 32.2. The topological polar surface area (TPSA) is 49.0 Å². The number of aromatic nitrogens is 2. The van der Waals surface area contributed by atoms with Gasteiger partial charge in [-0.05, 0) is 37.6 Å². The number of hydrogen-bond donors (Lipinski definition) is 1. The Hall–Kier alpha value is -1.46. The van der Waals surface area contributed by atoms with Gasteiger partial charge in [-0.2, -0.15) is 5.10 Å². The molecule has 0 bridgehead atoms. The summed E-state index contributed by atoms with van der Waals surface area (Å²) >= 11 is 0. The Morgan fingerprint density at radius 3 is 2.90 bits per heavy atom. The van der Waals surface area contributed by atoms with Gasteiger partial charge < -0.3 is 4.90 Å². The van der Waals surface area contributed by atoms with Gasteiger partial charge in [0, 0.05) is 41.5 Å². The van der Waals surface area contributed by atoms with Crippen LogP contribution in [-0.2, 0) is 10.8 Å². The Morgan fingerprint density at radius 1 is 1.29 bits per heavy atom. The van der Waals surface area contributed by atoms with E-state index < -0.39 is 10.8 Å². The maximum atomic E-state index is 12.3. The standard InChI is InChI=1S/C16H21N3OS/c20-21(15-6-2-1-3-7-15)12-11-19-10-4-5-14(13-19)16-8-9-17-18-16/h1-3,6-9,14H,4-5,10-13H2,(H,17,18). The largest absolute Gasteiger partial charge is 0.302 e. The van der Waals surface area contributed by atoms with Crippen LogP contribution in [0.25, 0.3) is 0 Å². The molecular weight excluding hydrogens is 282 g/mol. The lowest BCUT2D eigenvalue weighted by Crippen LogP contribution is -2.37. The molecule has 3 rings (SSSR count). The first kappa shape index (κ1) is 14.5. The van der Waals surface area contributed by atoms with Crippen LogP contribution in [0, 0.1) is 0 Å². The molecule has 1 N–H and O–H groups in total. The van der Waals surface area contributed by atoms with Crippen molar-refractivity contribution in [3.8, 4) is 0 Å². The average molecular weight is 303 g/mol. The number of nitrogens with one attached hydrogen (secondary N) is 1. The molecule has 1 aliphatic heterocycles. The van der Waals surface area contributed by atoms with Crippen molar-refractivity contribution >= 4 is 10.8 Å². The van der Waals surface area contributed by atoms with Gasteiger partial charge in [-0.15, -0.1) is 0 Å². The van der Waals surface area contributed by atoms with E-state index in [1.165, 1.54) is 18.5 Å². The summed E-state index contributed by atoms with van der Waals surface area (Å²) in [4.78, 5) is 3.36. The molecule has 1 saturated heterocycles. The molecule has 2 atom stereocenters. The van der Waals surface area contributed by atoms with Crippen LogP contribution in [0.4, 0.5) is 0 Å². The average Bonchev–Trinajstić information content (AvgIpc) is 3.08. The zero-order chi connectivity index (χ0) is 14.5. The van der Waals surface area contributed by atoms with Crippen LogP contribution >= 0.6 is 0 Å². The molecular formula is C16H21N3OS. The van der Waals surface area contributed by atoms with Gasteiger partial charge in [0.2, 0.25) is 0 Å². The molecule has 4 nitrogen and oxygen atoms in total. The van der Waals surface area contributed by atoms with Gasteiger partial charge in [-0.3, -0.25) is 9.31 Å². The fourth-order valence-electron chi connectivity index (χ4n) is 2.91. The van der Waals surface area contributed by atoms with Crippen molar-refractivity contribution in [2.75, 3.05) is 25.4 Å². The molecule has 2 aromatic rings. The Kier molecular flexibility index (Phi) is 4.83. The lowest BCUT2D eigenvalue weighted by molar-refractivity contribution is 0.217. The van der Waals surface area contributed by atoms with Gasteiger partial charge in [0.25, 0.3) is 0 Å². The van der Waals surface area contributed by atoms with Crippen LogP contribution in [0.3, 0.4) is 0 Å². The zero-order valence-corrected chi connectivity index (χ0v) is 12.9. The van der Waals surface area contributed by atoms with E-state index in [0.717, 1.165) is 24.5 Å². The maximum Gasteiger partial charge on any atom is 0.0542 e. The van der Waals surface area contributed by atoms with E-state index in [9.17, 15) is 4.21 Å². The van der Waals surface area contributed by atoms with Crippen LogP contribution < -0.4 is 0 Å². The first-order valence-electron chi connectivity index (χ1n) is 7.48. The van der Waals surface area contributed by atoms with Crippen molar-refractivity contribution in [2.45, 2.75) is 23.7 Å². The molecule has 1 aromatic heterocycles. The van der Waals surface area contributed by atoms with E-state index in [2.05, 4.69) is 21.2 Å². The fourth-order valence-corrected chi connectivity index (χ4v) is 4.03. The SMILES string of the molecule is O=S(CCN1CCCC(c2ccn[nH]2)C1)c1ccccc1. The van der Waals surface area contributed by atoms with E-state index in [1.807, 2.05) is 36.5 Å². The molecule has 21 heavy (non-hydrogen) atoms. The molecule has 112 valence electrons. The molecule has 1 aromatic carbocycles. The summed E-state index contributed by atoms with van der Waals surface area (Å²) in [5.74, 6) is 1.24. The monoisotopic (exact) mass is 303 g/mol. The Bertz CT molecular complexity index is 570. The van der Waals surface area contributed by atoms with E-state index in [-0.39, 0.29) is 0 Å². The van der Waals surface area contributed by atoms with Gasteiger partial charge in [0.15, 0.2) is 0 Å². The Balaban J connectivity index is 1.52. The lowest BCUT2D eigenvalue weighted by Gasteiger charge is -2.32. The molecule has 5 heteroatoms. The predicted molar refractivity (Wildman–Crippen MR) is 84.7 cm³/mol. The minimum atomic E-state index is -0.895. The highest BCUT2D eigenvalue weighted by Crippen LogP contribution is 2.25. The van der Waals surface area contributed by atoms with Crippen molar-refractivity contribution in [3.63, 3.8) is 0 Å². The van der Waals surface area contributed by atoms with E-state index in [0.29, 0.717) is 11.7 Å². The van der Waals surface area contributed by atoms with Crippen LogP contribution in [0.5, 0.6) is 0 Å². The molecule has 0 saturated carbocycles. The zero-order valence-electron chi connectivity index (χ0n) is 12.1. The molecule has 2 heterocycles. The third-order valence-electron chi connectivity index (χ3n) is 4.07. The number of piperidine rings is 1. The van der Waals surface area contributed by atoms with Crippen LogP contribution in [0.15, 0.2) is 47.5 Å². The summed E-state index contributed by atoms with van der Waals surface area (Å²) in [6.45, 7) is 3.04. The van der Waals surface area contributed by atoms with Crippen molar-refractivity contribution < 1.29 is 4.21 Å². The quantitative estimate of drug-likeness (QED) is 0.922. The number of aromatic amines is 1. The smallest absolute Gasteiger partial charge is 0.0542 e. The number of rotatable bonds is 5. The predicted octanol–water partition coefficient (Wildman–Crippen LogP) is 2.40. The summed E-state index contributed by atoms with van der Waals surface area (Å²) in [6.07, 6.45) is 4.22. The second kappa shape index (κ2) is 7.00. The normalized spacial score (nSPS) is 21.2. The van der Waals surface area contributed by atoms with Crippen molar-refractivity contribution in [1.82, 2.24) is 15.1 Å². The third kappa shape index (κ3) is 3.80. The number of nitrogens with zero attached hydrogens (tertiary/aromatic N) is 2. The summed E-state index contributed by atoms with van der Waals surface area (Å²) in [5.41, 5.74) is 1.23. The van der Waals surface area contributed by atoms with Crippen LogP contribution in [0.1, 0.15) is 24.5 Å². The van der Waals surface area contributed by atoms with Gasteiger partial charge in [-0.1, -0.05) is 18.2 Å². The molecule has 0 spiro atoms. The van der Waals surface area contributed by atoms with Crippen LogP contribution in [-0.4, -0.2) is 44.7 Å². The molecule has 1 aliphatic rings. The summed E-state index contributed by atoms with van der Waals surface area (Å²) < 4.78 is 12.3. The van der Waals surface area contributed by atoms with Crippen molar-refractivity contribution in [3.05, 3.63) is 48.3 Å². The van der Waals surface area contributed by atoms with Gasteiger partial charge in [-0.25, -0.2) is 0 Å². The van der Waals surface area contributed by atoms with E-state index in [4.69, 9.17) is 0 Å². The first-order chi connectivity index (χ1) is 10.3. The summed E-state index contributed by atoms with van der Waals surface area (Å²) in [6, 6.07) is 11.8. The molecule has 2 unspecified atom stereocenters. The van der Waals surface area contributed by atoms with Crippen molar-refractivity contribution in [1.29, 1.82) is 0 Å². The number of benzene rings is 1. The Labute approximate surface area is 128 Å². The van der Waals surface area contributed by atoms with Gasteiger partial charge in [0.1, 0.15) is 0 Å². The molecule has 1 fully saturated rings. The third-order valence-corrected chi connectivity index (χ3v) is 5.42. The lowest BCUT2D eigenvalue weighted by atomic mass is 9.95. The highest BCUT2D eigenvalue weighted by Gasteiger charge is 2.22. The Morgan fingerprint density at radius 2 is 2.14 bits per heavy atom. The molecule has 0 aliphatic carbocycles. The minimum absolute atomic E-state index is 0.534. The van der Waals surface area contributed by atoms with E-state index >= 15 is 0 Å². The fraction of sp³-hybridized carbons (Fsp3) is 0.438. The van der Waals surface area contributed by atoms with Crippen LogP contribution in [0.2, 0.25) is 0 Å². The molecule has 0 amide bonds. The maximum absolute atomic E-state index is 12.3. The second-order valence-electron chi connectivity index (χ2n) is 5.51. The number of hydrogen-bond acceptors (Lipinski definition) is 3. The summed E-state index contributed by atoms with van der Waals surface area (Å²) in [5, 5.41) is 7.13. The highest BCUT2D eigenvalue weighted by molar-refractivity contribution is 7.85. The second-order valence-corrected chi connectivity index (χ2v) is 7.09. The minimum Gasteiger partial charge on any atom is -0.302 e.